The van der Waals surface area contributed by atoms with E-state index in [2.05, 4.69) is 31.1 Å². The molecule has 1 aromatic heterocycles. The standard InChI is InChI=1S/C13H20N2O2/c1-5-11-6-10(13(16)17)7-12(15-11)14-9(4)8(2)3/h6-9H,5H2,1-4H3,(H,14,15)(H,16,17). The molecule has 2 N–H and O–H groups in total. The van der Waals surface area contributed by atoms with Crippen LogP contribution in [0.15, 0.2) is 12.1 Å². The normalized spacial score (nSPS) is 12.5. The maximum Gasteiger partial charge on any atom is 0.335 e. The molecule has 0 saturated carbocycles. The van der Waals surface area contributed by atoms with Gasteiger partial charge in [0.15, 0.2) is 0 Å². The number of anilines is 1. The van der Waals surface area contributed by atoms with Crippen LogP contribution in [0, 0.1) is 5.92 Å². The first-order chi connectivity index (χ1) is 7.93. The summed E-state index contributed by atoms with van der Waals surface area (Å²) in [5.74, 6) is 0.195. The van der Waals surface area contributed by atoms with Crippen molar-refractivity contribution in [3.63, 3.8) is 0 Å². The molecular formula is C13H20N2O2. The van der Waals surface area contributed by atoms with Crippen LogP contribution in [0.1, 0.15) is 43.7 Å². The number of aromatic carboxylic acids is 1. The largest absolute Gasteiger partial charge is 0.478 e. The maximum absolute atomic E-state index is 11.0. The molecule has 0 saturated heterocycles. The molecule has 17 heavy (non-hydrogen) atoms. The third-order valence-corrected chi connectivity index (χ3v) is 2.86. The number of hydrogen-bond acceptors (Lipinski definition) is 3. The smallest absolute Gasteiger partial charge is 0.335 e. The zero-order chi connectivity index (χ0) is 13.0. The fraction of sp³-hybridized carbons (Fsp3) is 0.538. The van der Waals surface area contributed by atoms with E-state index in [9.17, 15) is 4.79 Å². The second kappa shape index (κ2) is 5.66. The Balaban J connectivity index is 2.98. The van der Waals surface area contributed by atoms with E-state index in [1.54, 1.807) is 12.1 Å². The van der Waals surface area contributed by atoms with Crippen LogP contribution >= 0.6 is 0 Å². The van der Waals surface area contributed by atoms with Crippen LogP contribution in [0.25, 0.3) is 0 Å². The second-order valence-corrected chi connectivity index (χ2v) is 4.57. The zero-order valence-corrected chi connectivity index (χ0v) is 10.8. The predicted molar refractivity (Wildman–Crippen MR) is 68.5 cm³/mol. The Hall–Kier alpha value is -1.58. The number of hydrogen-bond donors (Lipinski definition) is 2. The lowest BCUT2D eigenvalue weighted by molar-refractivity contribution is 0.0696. The molecule has 1 unspecified atom stereocenters. The summed E-state index contributed by atoms with van der Waals surface area (Å²) < 4.78 is 0. The number of nitrogens with zero attached hydrogens (tertiary/aromatic N) is 1. The van der Waals surface area contributed by atoms with Crippen molar-refractivity contribution in [2.24, 2.45) is 5.92 Å². The zero-order valence-electron chi connectivity index (χ0n) is 10.8. The molecule has 1 heterocycles. The number of carboxylic acids is 1. The topological polar surface area (TPSA) is 62.2 Å². The van der Waals surface area contributed by atoms with Crippen LogP contribution in [-0.4, -0.2) is 22.1 Å². The first-order valence-electron chi connectivity index (χ1n) is 5.94. The van der Waals surface area contributed by atoms with Crippen molar-refractivity contribution in [3.05, 3.63) is 23.4 Å². The third-order valence-electron chi connectivity index (χ3n) is 2.86. The summed E-state index contributed by atoms with van der Waals surface area (Å²) in [6.07, 6.45) is 0.728. The van der Waals surface area contributed by atoms with Gasteiger partial charge in [0, 0.05) is 11.7 Å². The Labute approximate surface area is 102 Å². The summed E-state index contributed by atoms with van der Waals surface area (Å²) in [6.45, 7) is 8.24. The van der Waals surface area contributed by atoms with E-state index in [0.717, 1.165) is 12.1 Å². The van der Waals surface area contributed by atoms with Crippen LogP contribution in [-0.2, 0) is 6.42 Å². The Morgan fingerprint density at radius 3 is 2.53 bits per heavy atom. The number of carboxylic acid groups (broad SMARTS) is 1. The highest BCUT2D eigenvalue weighted by molar-refractivity contribution is 5.88. The lowest BCUT2D eigenvalue weighted by Crippen LogP contribution is -2.22. The molecule has 0 aliphatic heterocycles. The van der Waals surface area contributed by atoms with E-state index in [1.807, 2.05) is 6.92 Å². The summed E-state index contributed by atoms with van der Waals surface area (Å²) in [7, 11) is 0. The Bertz CT molecular complexity index is 402. The van der Waals surface area contributed by atoms with Crippen molar-refractivity contribution in [1.29, 1.82) is 0 Å². The molecule has 0 bridgehead atoms. The molecule has 0 radical (unpaired) electrons. The SMILES string of the molecule is CCc1cc(C(=O)O)cc(NC(C)C(C)C)n1. The number of pyridine rings is 1. The van der Waals surface area contributed by atoms with Crippen LogP contribution in [0.3, 0.4) is 0 Å². The van der Waals surface area contributed by atoms with E-state index in [0.29, 0.717) is 11.7 Å². The number of aryl methyl sites for hydroxylation is 1. The fourth-order valence-corrected chi connectivity index (χ4v) is 1.37. The minimum Gasteiger partial charge on any atom is -0.478 e. The predicted octanol–water partition coefficient (Wildman–Crippen LogP) is 2.80. The van der Waals surface area contributed by atoms with E-state index < -0.39 is 5.97 Å². The van der Waals surface area contributed by atoms with E-state index in [4.69, 9.17) is 5.11 Å². The van der Waals surface area contributed by atoms with Gasteiger partial charge in [0.05, 0.1) is 5.56 Å². The van der Waals surface area contributed by atoms with E-state index >= 15 is 0 Å². The molecule has 4 nitrogen and oxygen atoms in total. The van der Waals surface area contributed by atoms with Crippen molar-refractivity contribution in [2.45, 2.75) is 40.2 Å². The highest BCUT2D eigenvalue weighted by Crippen LogP contribution is 2.14. The Morgan fingerprint density at radius 1 is 1.41 bits per heavy atom. The van der Waals surface area contributed by atoms with Gasteiger partial charge in [-0.25, -0.2) is 9.78 Å². The van der Waals surface area contributed by atoms with Crippen LogP contribution in [0.4, 0.5) is 5.82 Å². The van der Waals surface area contributed by atoms with Crippen molar-refractivity contribution >= 4 is 11.8 Å². The fourth-order valence-electron chi connectivity index (χ4n) is 1.37. The molecular weight excluding hydrogens is 216 g/mol. The highest BCUT2D eigenvalue weighted by Gasteiger charge is 2.11. The van der Waals surface area contributed by atoms with Gasteiger partial charge in [0.2, 0.25) is 0 Å². The lowest BCUT2D eigenvalue weighted by Gasteiger charge is -2.18. The molecule has 0 spiro atoms. The Morgan fingerprint density at radius 2 is 2.06 bits per heavy atom. The molecule has 0 amide bonds. The summed E-state index contributed by atoms with van der Waals surface area (Å²) in [5.41, 5.74) is 1.08. The monoisotopic (exact) mass is 236 g/mol. The van der Waals surface area contributed by atoms with Gasteiger partial charge in [0.1, 0.15) is 5.82 Å². The minimum atomic E-state index is -0.914. The van der Waals surface area contributed by atoms with E-state index in [-0.39, 0.29) is 11.6 Å². The van der Waals surface area contributed by atoms with Gasteiger partial charge in [-0.05, 0) is 31.4 Å². The molecule has 1 aromatic rings. The number of carbonyl (C=O) groups is 1. The highest BCUT2D eigenvalue weighted by atomic mass is 16.4. The van der Waals surface area contributed by atoms with Gasteiger partial charge < -0.3 is 10.4 Å². The summed E-state index contributed by atoms with van der Waals surface area (Å²) in [5, 5.41) is 12.3. The summed E-state index contributed by atoms with van der Waals surface area (Å²) in [6, 6.07) is 3.46. The molecule has 1 atom stereocenters. The van der Waals surface area contributed by atoms with Crippen LogP contribution < -0.4 is 5.32 Å². The van der Waals surface area contributed by atoms with Crippen molar-refractivity contribution in [2.75, 3.05) is 5.32 Å². The maximum atomic E-state index is 11.0. The first-order valence-corrected chi connectivity index (χ1v) is 5.94. The quantitative estimate of drug-likeness (QED) is 0.825. The number of aromatic nitrogens is 1. The molecule has 1 rings (SSSR count). The van der Waals surface area contributed by atoms with Crippen molar-refractivity contribution in [1.82, 2.24) is 4.98 Å². The van der Waals surface area contributed by atoms with Gasteiger partial charge in [-0.1, -0.05) is 20.8 Å². The van der Waals surface area contributed by atoms with Gasteiger partial charge in [-0.2, -0.15) is 0 Å². The summed E-state index contributed by atoms with van der Waals surface area (Å²) in [4.78, 5) is 15.4. The van der Waals surface area contributed by atoms with E-state index in [1.165, 1.54) is 0 Å². The third kappa shape index (κ3) is 3.73. The van der Waals surface area contributed by atoms with Gasteiger partial charge in [-0.15, -0.1) is 0 Å². The molecule has 4 heteroatoms. The van der Waals surface area contributed by atoms with Crippen molar-refractivity contribution < 1.29 is 9.90 Å². The molecule has 0 aromatic carbocycles. The Kier molecular flexibility index (Phi) is 4.49. The average molecular weight is 236 g/mol. The second-order valence-electron chi connectivity index (χ2n) is 4.57. The number of nitrogens with one attached hydrogen (secondary N) is 1. The van der Waals surface area contributed by atoms with Gasteiger partial charge in [-0.3, -0.25) is 0 Å². The molecule has 94 valence electrons. The van der Waals surface area contributed by atoms with Crippen LogP contribution in [0.5, 0.6) is 0 Å². The lowest BCUT2D eigenvalue weighted by atomic mass is 10.1. The summed E-state index contributed by atoms with van der Waals surface area (Å²) >= 11 is 0. The number of rotatable bonds is 5. The van der Waals surface area contributed by atoms with Gasteiger partial charge in [0.25, 0.3) is 0 Å². The van der Waals surface area contributed by atoms with Crippen LogP contribution in [0.2, 0.25) is 0 Å². The van der Waals surface area contributed by atoms with Gasteiger partial charge >= 0.3 is 5.97 Å². The molecule has 0 aliphatic rings. The minimum absolute atomic E-state index is 0.260. The average Bonchev–Trinajstić information content (AvgIpc) is 2.28. The first kappa shape index (κ1) is 13.5. The molecule has 0 aliphatic carbocycles. The van der Waals surface area contributed by atoms with Crippen molar-refractivity contribution in [3.8, 4) is 0 Å². The molecule has 0 fully saturated rings.